The molecule has 2 aromatic rings. The molecule has 0 bridgehead atoms. The molecule has 1 heterocycles. The third-order valence-electron chi connectivity index (χ3n) is 2.90. The molecule has 0 radical (unpaired) electrons. The predicted octanol–water partition coefficient (Wildman–Crippen LogP) is 1.91. The quantitative estimate of drug-likeness (QED) is 0.845. The molecule has 1 aromatic carbocycles. The summed E-state index contributed by atoms with van der Waals surface area (Å²) in [5.74, 6) is -0.743. The van der Waals surface area contributed by atoms with Gasteiger partial charge in [0.25, 0.3) is 0 Å². The summed E-state index contributed by atoms with van der Waals surface area (Å²) >= 11 is 0. The Kier molecular flexibility index (Phi) is 3.62. The minimum absolute atomic E-state index is 0.515. The van der Waals surface area contributed by atoms with E-state index in [1.54, 1.807) is 25.1 Å². The molecule has 0 aliphatic heterocycles. The van der Waals surface area contributed by atoms with Gasteiger partial charge in [0.05, 0.1) is 5.92 Å². The van der Waals surface area contributed by atoms with Gasteiger partial charge in [0.1, 0.15) is 5.52 Å². The number of aromatic nitrogens is 1. The number of hydrogen-bond donors (Lipinski definition) is 2. The van der Waals surface area contributed by atoms with E-state index in [0.717, 1.165) is 5.56 Å². The smallest absolute Gasteiger partial charge is 0.311 e. The number of fused-ring (bicyclic) bond motifs is 1. The van der Waals surface area contributed by atoms with Crippen LogP contribution in [0, 0.1) is 6.92 Å². The molecular weight excluding hydrogens is 232 g/mol. The van der Waals surface area contributed by atoms with Crippen LogP contribution in [0.3, 0.4) is 0 Å². The van der Waals surface area contributed by atoms with E-state index in [4.69, 9.17) is 4.42 Å². The fourth-order valence-electron chi connectivity index (χ4n) is 2.00. The van der Waals surface area contributed by atoms with Crippen LogP contribution in [0.15, 0.2) is 22.6 Å². The molecule has 5 nitrogen and oxygen atoms in total. The third kappa shape index (κ3) is 2.51. The monoisotopic (exact) mass is 248 g/mol. The Bertz CT molecular complexity index is 562. The van der Waals surface area contributed by atoms with Gasteiger partial charge in [-0.3, -0.25) is 4.79 Å². The molecule has 0 amide bonds. The molecule has 1 unspecified atom stereocenters. The number of aryl methyl sites for hydroxylation is 1. The maximum Gasteiger partial charge on any atom is 0.311 e. The lowest BCUT2D eigenvalue weighted by Crippen LogP contribution is -2.18. The largest absolute Gasteiger partial charge is 0.481 e. The predicted molar refractivity (Wildman–Crippen MR) is 67.7 cm³/mol. The Morgan fingerprint density at radius 3 is 3.00 bits per heavy atom. The Labute approximate surface area is 105 Å². The average molecular weight is 248 g/mol. The van der Waals surface area contributed by atoms with Crippen molar-refractivity contribution in [3.8, 4) is 0 Å². The van der Waals surface area contributed by atoms with Crippen LogP contribution in [-0.4, -0.2) is 29.7 Å². The topological polar surface area (TPSA) is 75.4 Å². The molecule has 0 saturated carbocycles. The fraction of sp³-hybridized carbons (Fsp3) is 0.385. The highest BCUT2D eigenvalue weighted by molar-refractivity contribution is 5.80. The second-order valence-corrected chi connectivity index (χ2v) is 4.24. The Hall–Kier alpha value is -1.88. The van der Waals surface area contributed by atoms with Crippen molar-refractivity contribution in [3.63, 3.8) is 0 Å². The van der Waals surface area contributed by atoms with Crippen molar-refractivity contribution in [2.24, 2.45) is 0 Å². The number of nitrogens with zero attached hydrogens (tertiary/aromatic N) is 1. The fourth-order valence-corrected chi connectivity index (χ4v) is 2.00. The lowest BCUT2D eigenvalue weighted by molar-refractivity contribution is -0.138. The maximum absolute atomic E-state index is 11.3. The van der Waals surface area contributed by atoms with Crippen LogP contribution in [0.2, 0.25) is 0 Å². The highest BCUT2D eigenvalue weighted by Gasteiger charge is 2.20. The molecule has 96 valence electrons. The average Bonchev–Trinajstić information content (AvgIpc) is 2.68. The second-order valence-electron chi connectivity index (χ2n) is 4.24. The standard InChI is InChI=1S/C13H16N2O3/c1-8-15-11-7-9(3-4-12(11)18-8)10(13(16)17)5-6-14-2/h3-4,7,10,14H,5-6H2,1-2H3,(H,16,17). The van der Waals surface area contributed by atoms with Crippen molar-refractivity contribution in [2.75, 3.05) is 13.6 Å². The third-order valence-corrected chi connectivity index (χ3v) is 2.90. The Morgan fingerprint density at radius 2 is 2.33 bits per heavy atom. The SMILES string of the molecule is CNCCC(C(=O)O)c1ccc2oc(C)nc2c1. The summed E-state index contributed by atoms with van der Waals surface area (Å²) in [4.78, 5) is 15.5. The summed E-state index contributed by atoms with van der Waals surface area (Å²) in [5.41, 5.74) is 2.16. The normalized spacial score (nSPS) is 12.8. The molecule has 2 rings (SSSR count). The van der Waals surface area contributed by atoms with Crippen molar-refractivity contribution in [3.05, 3.63) is 29.7 Å². The number of benzene rings is 1. The Morgan fingerprint density at radius 1 is 1.56 bits per heavy atom. The summed E-state index contributed by atoms with van der Waals surface area (Å²) in [5, 5.41) is 12.2. The molecular formula is C13H16N2O3. The van der Waals surface area contributed by atoms with Gasteiger partial charge in [-0.2, -0.15) is 0 Å². The lowest BCUT2D eigenvalue weighted by atomic mass is 9.95. The van der Waals surface area contributed by atoms with Gasteiger partial charge in [0.15, 0.2) is 11.5 Å². The first-order valence-corrected chi connectivity index (χ1v) is 5.86. The summed E-state index contributed by atoms with van der Waals surface area (Å²) < 4.78 is 5.37. The molecule has 0 aliphatic rings. The zero-order valence-corrected chi connectivity index (χ0v) is 10.4. The first-order valence-electron chi connectivity index (χ1n) is 5.86. The molecule has 5 heteroatoms. The van der Waals surface area contributed by atoms with Gasteiger partial charge in [0, 0.05) is 6.92 Å². The van der Waals surface area contributed by atoms with Gasteiger partial charge in [-0.15, -0.1) is 0 Å². The molecule has 2 N–H and O–H groups in total. The number of oxazole rings is 1. The van der Waals surface area contributed by atoms with Gasteiger partial charge >= 0.3 is 5.97 Å². The van der Waals surface area contributed by atoms with E-state index >= 15 is 0 Å². The van der Waals surface area contributed by atoms with Crippen LogP contribution in [0.4, 0.5) is 0 Å². The first kappa shape index (κ1) is 12.6. The van der Waals surface area contributed by atoms with Crippen molar-refractivity contribution in [1.29, 1.82) is 0 Å². The van der Waals surface area contributed by atoms with Crippen molar-refractivity contribution < 1.29 is 14.3 Å². The van der Waals surface area contributed by atoms with Crippen LogP contribution in [0.1, 0.15) is 23.8 Å². The van der Waals surface area contributed by atoms with Crippen LogP contribution in [0.5, 0.6) is 0 Å². The molecule has 1 aromatic heterocycles. The van der Waals surface area contributed by atoms with Crippen LogP contribution >= 0.6 is 0 Å². The Balaban J connectivity index is 2.34. The van der Waals surface area contributed by atoms with Crippen LogP contribution in [-0.2, 0) is 4.79 Å². The number of carboxylic acid groups (broad SMARTS) is 1. The van der Waals surface area contributed by atoms with Crippen molar-refractivity contribution >= 4 is 17.1 Å². The first-order chi connectivity index (χ1) is 8.61. The number of hydrogen-bond acceptors (Lipinski definition) is 4. The summed E-state index contributed by atoms with van der Waals surface area (Å²) in [6, 6.07) is 5.36. The van der Waals surface area contributed by atoms with E-state index < -0.39 is 11.9 Å². The number of nitrogens with one attached hydrogen (secondary N) is 1. The molecule has 0 spiro atoms. The zero-order valence-electron chi connectivity index (χ0n) is 10.4. The van der Waals surface area contributed by atoms with Gasteiger partial charge in [-0.05, 0) is 37.7 Å². The maximum atomic E-state index is 11.3. The minimum atomic E-state index is -0.815. The zero-order chi connectivity index (χ0) is 13.1. The molecule has 0 saturated heterocycles. The van der Waals surface area contributed by atoms with E-state index in [2.05, 4.69) is 10.3 Å². The molecule has 18 heavy (non-hydrogen) atoms. The molecule has 0 fully saturated rings. The lowest BCUT2D eigenvalue weighted by Gasteiger charge is -2.12. The summed E-state index contributed by atoms with van der Waals surface area (Å²) in [6.07, 6.45) is 0.550. The number of aliphatic carboxylic acids is 1. The van der Waals surface area contributed by atoms with E-state index in [-0.39, 0.29) is 0 Å². The van der Waals surface area contributed by atoms with E-state index in [9.17, 15) is 9.90 Å². The highest BCUT2D eigenvalue weighted by atomic mass is 16.4. The van der Waals surface area contributed by atoms with Gasteiger partial charge in [0.2, 0.25) is 0 Å². The van der Waals surface area contributed by atoms with Gasteiger partial charge < -0.3 is 14.8 Å². The molecule has 1 atom stereocenters. The van der Waals surface area contributed by atoms with E-state index in [1.165, 1.54) is 0 Å². The van der Waals surface area contributed by atoms with Gasteiger partial charge in [-0.1, -0.05) is 6.07 Å². The summed E-state index contributed by atoms with van der Waals surface area (Å²) in [7, 11) is 1.81. The van der Waals surface area contributed by atoms with Gasteiger partial charge in [-0.25, -0.2) is 4.98 Å². The minimum Gasteiger partial charge on any atom is -0.481 e. The number of rotatable bonds is 5. The van der Waals surface area contributed by atoms with Crippen LogP contribution in [0.25, 0.3) is 11.1 Å². The highest BCUT2D eigenvalue weighted by Crippen LogP contribution is 2.24. The van der Waals surface area contributed by atoms with E-state index in [0.29, 0.717) is 30.0 Å². The van der Waals surface area contributed by atoms with Crippen molar-refractivity contribution in [2.45, 2.75) is 19.3 Å². The number of carboxylic acids is 1. The molecule has 0 aliphatic carbocycles. The van der Waals surface area contributed by atoms with Crippen molar-refractivity contribution in [1.82, 2.24) is 10.3 Å². The summed E-state index contributed by atoms with van der Waals surface area (Å²) in [6.45, 7) is 2.43. The number of carbonyl (C=O) groups is 1. The van der Waals surface area contributed by atoms with E-state index in [1.807, 2.05) is 7.05 Å². The second kappa shape index (κ2) is 5.18. The van der Waals surface area contributed by atoms with Crippen LogP contribution < -0.4 is 5.32 Å².